The van der Waals surface area contributed by atoms with E-state index in [1.165, 1.54) is 6.33 Å². The van der Waals surface area contributed by atoms with Gasteiger partial charge in [-0.05, 0) is 37.1 Å². The van der Waals surface area contributed by atoms with Gasteiger partial charge in [-0.2, -0.15) is 0 Å². The molecule has 0 radical (unpaired) electrons. The van der Waals surface area contributed by atoms with E-state index < -0.39 is 0 Å². The number of aromatic nitrogens is 3. The Labute approximate surface area is 151 Å². The third kappa shape index (κ3) is 2.77. The van der Waals surface area contributed by atoms with Gasteiger partial charge in [0.15, 0.2) is 11.5 Å². The van der Waals surface area contributed by atoms with E-state index >= 15 is 0 Å². The molecule has 4 rings (SSSR count). The largest absolute Gasteiger partial charge is 0.379 e. The second-order valence-electron chi connectivity index (χ2n) is 6.64. The number of ketones is 1. The molecule has 1 aliphatic heterocycles. The fraction of sp³-hybridized carbons (Fsp3) is 0.300. The Bertz CT molecular complexity index is 945. The number of anilines is 1. The van der Waals surface area contributed by atoms with Gasteiger partial charge in [-0.3, -0.25) is 4.79 Å². The summed E-state index contributed by atoms with van der Waals surface area (Å²) in [4.78, 5) is 20.8. The number of benzene rings is 1. The molecule has 0 saturated heterocycles. The lowest BCUT2D eigenvalue weighted by Gasteiger charge is -2.38. The summed E-state index contributed by atoms with van der Waals surface area (Å²) in [6.07, 6.45) is 5.48. The minimum absolute atomic E-state index is 0.141. The number of carbonyl (C=O) groups excluding carboxylic acids is 1. The average molecular weight is 348 g/mol. The molecule has 1 aliphatic rings. The van der Waals surface area contributed by atoms with E-state index in [4.69, 9.17) is 4.52 Å². The molecule has 3 heterocycles. The average Bonchev–Trinajstić information content (AvgIpc) is 3.18. The van der Waals surface area contributed by atoms with Crippen LogP contribution in [-0.2, 0) is 0 Å². The van der Waals surface area contributed by atoms with Crippen LogP contribution in [0.2, 0.25) is 0 Å². The Morgan fingerprint density at radius 1 is 1.15 bits per heavy atom. The number of fused-ring (bicyclic) bond motifs is 1. The van der Waals surface area contributed by atoms with Gasteiger partial charge in [0.25, 0.3) is 0 Å². The predicted molar refractivity (Wildman–Crippen MR) is 98.8 cm³/mol. The predicted octanol–water partition coefficient (Wildman–Crippen LogP) is 4.36. The van der Waals surface area contributed by atoms with Crippen LogP contribution in [0.4, 0.5) is 5.69 Å². The molecule has 2 aromatic heterocycles. The molecule has 0 spiro atoms. The lowest BCUT2D eigenvalue weighted by Crippen LogP contribution is -2.43. The van der Waals surface area contributed by atoms with E-state index in [2.05, 4.69) is 34.3 Å². The van der Waals surface area contributed by atoms with Crippen LogP contribution < -0.4 is 5.32 Å². The Hall–Kier alpha value is -3.02. The maximum Gasteiger partial charge on any atom is 0.167 e. The summed E-state index contributed by atoms with van der Waals surface area (Å²) in [6, 6.07) is 9.38. The Morgan fingerprint density at radius 2 is 2.00 bits per heavy atom. The number of carbonyl (C=O) groups is 1. The number of nitrogens with zero attached hydrogens (tertiary/aromatic N) is 3. The molecular formula is C20H20N4O2. The molecule has 1 aromatic carbocycles. The number of Topliss-reactive ketones (excluding diaryl/α,β-unsaturated/α-hetero) is 1. The summed E-state index contributed by atoms with van der Waals surface area (Å²) >= 11 is 0. The fourth-order valence-corrected chi connectivity index (χ4v) is 3.42. The van der Waals surface area contributed by atoms with Crippen LogP contribution in [0.3, 0.4) is 0 Å². The second kappa shape index (κ2) is 6.37. The second-order valence-corrected chi connectivity index (χ2v) is 6.64. The molecule has 0 aliphatic carbocycles. The molecule has 0 atom stereocenters. The first kappa shape index (κ1) is 16.4. The molecular weight excluding hydrogens is 328 g/mol. The van der Waals surface area contributed by atoms with Gasteiger partial charge in [-0.25, -0.2) is 9.97 Å². The molecule has 132 valence electrons. The van der Waals surface area contributed by atoms with Crippen molar-refractivity contribution in [2.24, 2.45) is 0 Å². The number of hydrogen-bond donors (Lipinski definition) is 1. The first-order valence-corrected chi connectivity index (χ1v) is 8.83. The standard InChI is InChI=1S/C20H20N4O2/c1-3-20(4-2)11-18(25)14-9-13(5-6-15(14)23-20)19-10-17(24-26-19)16-7-8-21-12-22-16/h5-10,12,23H,3-4,11H2,1-2H3. The van der Waals surface area contributed by atoms with Crippen molar-refractivity contribution >= 4 is 11.5 Å². The van der Waals surface area contributed by atoms with Crippen LogP contribution in [0.5, 0.6) is 0 Å². The molecule has 3 aromatic rings. The van der Waals surface area contributed by atoms with E-state index in [-0.39, 0.29) is 11.3 Å². The highest BCUT2D eigenvalue weighted by Gasteiger charge is 2.35. The third-order valence-electron chi connectivity index (χ3n) is 5.21. The van der Waals surface area contributed by atoms with Crippen molar-refractivity contribution in [2.75, 3.05) is 5.32 Å². The van der Waals surface area contributed by atoms with Crippen molar-refractivity contribution in [1.82, 2.24) is 15.1 Å². The van der Waals surface area contributed by atoms with Gasteiger partial charge in [-0.15, -0.1) is 0 Å². The molecule has 0 bridgehead atoms. The minimum atomic E-state index is -0.141. The minimum Gasteiger partial charge on any atom is -0.379 e. The topological polar surface area (TPSA) is 80.9 Å². The van der Waals surface area contributed by atoms with Crippen LogP contribution in [0.25, 0.3) is 22.7 Å². The van der Waals surface area contributed by atoms with Crippen LogP contribution in [0.1, 0.15) is 43.5 Å². The zero-order chi connectivity index (χ0) is 18.1. The molecule has 26 heavy (non-hydrogen) atoms. The van der Waals surface area contributed by atoms with E-state index in [1.54, 1.807) is 12.3 Å². The van der Waals surface area contributed by atoms with Crippen LogP contribution in [0.15, 0.2) is 47.4 Å². The Morgan fingerprint density at radius 3 is 2.73 bits per heavy atom. The highest BCUT2D eigenvalue weighted by atomic mass is 16.5. The Kier molecular flexibility index (Phi) is 4.03. The third-order valence-corrected chi connectivity index (χ3v) is 5.21. The van der Waals surface area contributed by atoms with E-state index in [0.29, 0.717) is 29.1 Å². The van der Waals surface area contributed by atoms with Gasteiger partial charge >= 0.3 is 0 Å². The summed E-state index contributed by atoms with van der Waals surface area (Å²) in [7, 11) is 0. The monoisotopic (exact) mass is 348 g/mol. The highest BCUT2D eigenvalue weighted by Crippen LogP contribution is 2.37. The van der Waals surface area contributed by atoms with Gasteiger partial charge < -0.3 is 9.84 Å². The van der Waals surface area contributed by atoms with E-state index in [1.807, 2.05) is 24.3 Å². The van der Waals surface area contributed by atoms with Crippen molar-refractivity contribution in [3.8, 4) is 22.7 Å². The van der Waals surface area contributed by atoms with Gasteiger partial charge in [-0.1, -0.05) is 19.0 Å². The molecule has 1 N–H and O–H groups in total. The van der Waals surface area contributed by atoms with Crippen molar-refractivity contribution in [3.05, 3.63) is 48.4 Å². The SMILES string of the molecule is CCC1(CC)CC(=O)c2cc(-c3cc(-c4ccncn4)no3)ccc2N1. The number of hydrogen-bond acceptors (Lipinski definition) is 6. The molecule has 0 saturated carbocycles. The Balaban J connectivity index is 1.68. The molecule has 0 fully saturated rings. The maximum absolute atomic E-state index is 12.7. The fourth-order valence-electron chi connectivity index (χ4n) is 3.42. The molecule has 0 unspecified atom stereocenters. The zero-order valence-corrected chi connectivity index (χ0v) is 14.8. The smallest absolute Gasteiger partial charge is 0.167 e. The lowest BCUT2D eigenvalue weighted by molar-refractivity contribution is 0.0946. The van der Waals surface area contributed by atoms with Crippen molar-refractivity contribution in [2.45, 2.75) is 38.6 Å². The quantitative estimate of drug-likeness (QED) is 0.755. The van der Waals surface area contributed by atoms with Crippen LogP contribution >= 0.6 is 0 Å². The summed E-state index contributed by atoms with van der Waals surface area (Å²) in [5, 5.41) is 7.64. The summed E-state index contributed by atoms with van der Waals surface area (Å²) < 4.78 is 5.47. The van der Waals surface area contributed by atoms with Crippen molar-refractivity contribution in [3.63, 3.8) is 0 Å². The maximum atomic E-state index is 12.7. The first-order chi connectivity index (χ1) is 12.6. The summed E-state index contributed by atoms with van der Waals surface area (Å²) in [5.41, 5.74) is 3.62. The lowest BCUT2D eigenvalue weighted by atomic mass is 9.81. The first-order valence-electron chi connectivity index (χ1n) is 8.83. The van der Waals surface area contributed by atoms with Gasteiger partial charge in [0.2, 0.25) is 0 Å². The molecule has 6 heteroatoms. The van der Waals surface area contributed by atoms with Crippen molar-refractivity contribution < 1.29 is 9.32 Å². The number of nitrogens with one attached hydrogen (secondary N) is 1. The van der Waals surface area contributed by atoms with Crippen LogP contribution in [-0.4, -0.2) is 26.4 Å². The van der Waals surface area contributed by atoms with Gasteiger partial charge in [0.1, 0.15) is 12.0 Å². The van der Waals surface area contributed by atoms with Crippen LogP contribution in [0, 0.1) is 0 Å². The molecule has 0 amide bonds. The van der Waals surface area contributed by atoms with E-state index in [9.17, 15) is 4.79 Å². The highest BCUT2D eigenvalue weighted by molar-refractivity contribution is 6.05. The van der Waals surface area contributed by atoms with Crippen molar-refractivity contribution in [1.29, 1.82) is 0 Å². The normalized spacial score (nSPS) is 15.4. The summed E-state index contributed by atoms with van der Waals surface area (Å²) in [5.74, 6) is 0.775. The van der Waals surface area contributed by atoms with E-state index in [0.717, 1.165) is 24.1 Å². The summed E-state index contributed by atoms with van der Waals surface area (Å²) in [6.45, 7) is 4.23. The van der Waals surface area contributed by atoms with Gasteiger partial charge in [0.05, 0.1) is 5.69 Å². The van der Waals surface area contributed by atoms with Gasteiger partial charge in [0, 0.05) is 41.0 Å². The zero-order valence-electron chi connectivity index (χ0n) is 14.8. The molecule has 6 nitrogen and oxygen atoms in total. The number of rotatable bonds is 4.